The normalized spacial score (nSPS) is 34.6. The first-order chi connectivity index (χ1) is 13.2. The van der Waals surface area contributed by atoms with Crippen molar-refractivity contribution in [1.29, 1.82) is 0 Å². The molecule has 5 N–H and O–H groups in total. The van der Waals surface area contributed by atoms with Crippen molar-refractivity contribution in [2.75, 3.05) is 13.2 Å². The van der Waals surface area contributed by atoms with Crippen LogP contribution >= 0.6 is 0 Å². The van der Waals surface area contributed by atoms with Crippen LogP contribution in [0.25, 0.3) is 0 Å². The van der Waals surface area contributed by atoms with Gasteiger partial charge in [-0.2, -0.15) is 0 Å². The van der Waals surface area contributed by atoms with E-state index in [2.05, 4.69) is 6.58 Å². The van der Waals surface area contributed by atoms with Gasteiger partial charge in [-0.3, -0.25) is 4.79 Å². The number of fused-ring (bicyclic) bond motifs is 1. The summed E-state index contributed by atoms with van der Waals surface area (Å²) in [7, 11) is 0. The van der Waals surface area contributed by atoms with Gasteiger partial charge in [-0.1, -0.05) is 6.58 Å². The number of ether oxygens (including phenoxy) is 3. The molecule has 0 spiro atoms. The molecule has 0 aliphatic carbocycles. The maximum Gasteiger partial charge on any atom is 0.187 e. The third kappa shape index (κ3) is 3.83. The number of rotatable bonds is 6. The number of benzene rings is 1. The molecule has 2 aliphatic rings. The van der Waals surface area contributed by atoms with E-state index in [4.69, 9.17) is 14.2 Å². The van der Waals surface area contributed by atoms with Gasteiger partial charge in [-0.25, -0.2) is 0 Å². The first-order valence-electron chi connectivity index (χ1n) is 8.84. The number of hydrogen-bond acceptors (Lipinski definition) is 9. The second kappa shape index (κ2) is 8.26. The molecule has 0 bridgehead atoms. The number of aliphatic hydroxyl groups is 5. The first kappa shape index (κ1) is 20.9. The van der Waals surface area contributed by atoms with Crippen LogP contribution in [0.15, 0.2) is 30.4 Å². The average Bonchev–Trinajstić information content (AvgIpc) is 3.01. The lowest BCUT2D eigenvalue weighted by molar-refractivity contribution is -0.299. The lowest BCUT2D eigenvalue weighted by Crippen LogP contribution is -2.59. The third-order valence-corrected chi connectivity index (χ3v) is 4.96. The van der Waals surface area contributed by atoms with Gasteiger partial charge < -0.3 is 39.7 Å². The highest BCUT2D eigenvalue weighted by Gasteiger charge is 2.44. The summed E-state index contributed by atoms with van der Waals surface area (Å²) in [5.74, 6) is 0.291. The smallest absolute Gasteiger partial charge is 0.187 e. The van der Waals surface area contributed by atoms with Crippen molar-refractivity contribution in [3.05, 3.63) is 41.5 Å². The van der Waals surface area contributed by atoms with E-state index in [9.17, 15) is 30.3 Å². The van der Waals surface area contributed by atoms with Crippen molar-refractivity contribution in [3.63, 3.8) is 0 Å². The zero-order valence-corrected chi connectivity index (χ0v) is 15.3. The van der Waals surface area contributed by atoms with E-state index in [1.807, 2.05) is 0 Å². The van der Waals surface area contributed by atoms with Gasteiger partial charge in [0, 0.05) is 11.1 Å². The van der Waals surface area contributed by atoms with Gasteiger partial charge >= 0.3 is 0 Å². The Balaban J connectivity index is 1.63. The van der Waals surface area contributed by atoms with Gasteiger partial charge in [0.15, 0.2) is 18.2 Å². The van der Waals surface area contributed by atoms with Crippen LogP contribution in [-0.4, -0.2) is 81.3 Å². The van der Waals surface area contributed by atoms with Crippen molar-refractivity contribution in [1.82, 2.24) is 0 Å². The van der Waals surface area contributed by atoms with Gasteiger partial charge in [-0.15, -0.1) is 0 Å². The monoisotopic (exact) mass is 396 g/mol. The van der Waals surface area contributed by atoms with E-state index < -0.39 is 49.5 Å². The molecule has 1 aromatic rings. The molecule has 0 amide bonds. The minimum absolute atomic E-state index is 0.136. The summed E-state index contributed by atoms with van der Waals surface area (Å²) in [6, 6.07) is 4.76. The Bertz CT molecular complexity index is 747. The fourth-order valence-corrected chi connectivity index (χ4v) is 3.25. The zero-order chi connectivity index (χ0) is 20.6. The molecule has 1 aromatic carbocycles. The van der Waals surface area contributed by atoms with E-state index in [1.54, 1.807) is 18.2 Å². The Morgan fingerprint density at radius 1 is 1.18 bits per heavy atom. The molecular formula is C19H24O9. The highest BCUT2D eigenvalue weighted by molar-refractivity contribution is 5.94. The maximum absolute atomic E-state index is 11.5. The molecule has 0 aromatic heterocycles. The fourth-order valence-electron chi connectivity index (χ4n) is 3.25. The highest BCUT2D eigenvalue weighted by atomic mass is 16.7. The summed E-state index contributed by atoms with van der Waals surface area (Å²) < 4.78 is 16.4. The standard InChI is InChI=1S/C19H24O9/c1-8(7-26-19-17(25)16(24)15(23)13(6-20)28-19)18-14(22)11-5-10(9(2)21)3-4-12(11)27-18/h3-5,13-20,22-25H,1,6-7H2,2H3/t13-,14-,15-,16+,17-,18-,19-/m1/s1. The van der Waals surface area contributed by atoms with Crippen LogP contribution in [0.5, 0.6) is 5.75 Å². The predicted octanol–water partition coefficient (Wildman–Crippen LogP) is -0.944. The number of Topliss-reactive ketones (excluding diaryl/α,β-unsaturated/α-hetero) is 1. The molecule has 28 heavy (non-hydrogen) atoms. The number of hydrogen-bond donors (Lipinski definition) is 5. The lowest BCUT2D eigenvalue weighted by Gasteiger charge is -2.39. The summed E-state index contributed by atoms with van der Waals surface area (Å²) in [5.41, 5.74) is 1.25. The van der Waals surface area contributed by atoms with Crippen LogP contribution in [0.2, 0.25) is 0 Å². The number of carbonyl (C=O) groups excluding carboxylic acids is 1. The van der Waals surface area contributed by atoms with E-state index >= 15 is 0 Å². The van der Waals surface area contributed by atoms with Crippen molar-refractivity contribution >= 4 is 5.78 Å². The van der Waals surface area contributed by atoms with Gasteiger partial charge in [0.1, 0.15) is 36.3 Å². The summed E-state index contributed by atoms with van der Waals surface area (Å²) in [4.78, 5) is 11.5. The van der Waals surface area contributed by atoms with E-state index in [0.29, 0.717) is 22.4 Å². The Labute approximate surface area is 161 Å². The predicted molar refractivity (Wildman–Crippen MR) is 94.7 cm³/mol. The van der Waals surface area contributed by atoms with Crippen LogP contribution in [-0.2, 0) is 9.47 Å². The molecular weight excluding hydrogens is 372 g/mol. The summed E-state index contributed by atoms with van der Waals surface area (Å²) >= 11 is 0. The minimum atomic E-state index is -1.55. The topological polar surface area (TPSA) is 146 Å². The summed E-state index contributed by atoms with van der Waals surface area (Å²) in [5, 5.41) is 49.3. The fraction of sp³-hybridized carbons (Fsp3) is 0.526. The average molecular weight is 396 g/mol. The molecule has 1 fully saturated rings. The molecule has 154 valence electrons. The Kier molecular flexibility index (Phi) is 6.15. The van der Waals surface area contributed by atoms with E-state index in [0.717, 1.165) is 0 Å². The van der Waals surface area contributed by atoms with Gasteiger partial charge in [-0.05, 0) is 30.7 Å². The summed E-state index contributed by atoms with van der Waals surface area (Å²) in [6.45, 7) is 4.51. The quantitative estimate of drug-likeness (QED) is 0.304. The molecule has 2 aliphatic heterocycles. The lowest BCUT2D eigenvalue weighted by atomic mass is 9.98. The van der Waals surface area contributed by atoms with Gasteiger partial charge in [0.05, 0.1) is 13.2 Å². The molecule has 3 rings (SSSR count). The molecule has 0 saturated carbocycles. The van der Waals surface area contributed by atoms with E-state index in [1.165, 1.54) is 6.92 Å². The minimum Gasteiger partial charge on any atom is -0.483 e. The zero-order valence-electron chi connectivity index (χ0n) is 15.3. The molecule has 0 unspecified atom stereocenters. The van der Waals surface area contributed by atoms with Crippen molar-refractivity contribution in [2.24, 2.45) is 0 Å². The van der Waals surface area contributed by atoms with Crippen molar-refractivity contribution < 1.29 is 44.5 Å². The van der Waals surface area contributed by atoms with Crippen LogP contribution < -0.4 is 4.74 Å². The Hall–Kier alpha value is -1.85. The first-order valence-corrected chi connectivity index (χ1v) is 8.84. The third-order valence-electron chi connectivity index (χ3n) is 4.96. The number of ketones is 1. The molecule has 9 heteroatoms. The maximum atomic E-state index is 11.5. The highest BCUT2D eigenvalue weighted by Crippen LogP contribution is 2.39. The van der Waals surface area contributed by atoms with Gasteiger partial charge in [0.25, 0.3) is 0 Å². The Morgan fingerprint density at radius 2 is 1.89 bits per heavy atom. The Morgan fingerprint density at radius 3 is 2.54 bits per heavy atom. The van der Waals surface area contributed by atoms with Crippen LogP contribution in [0.1, 0.15) is 28.9 Å². The molecule has 9 nitrogen and oxygen atoms in total. The molecule has 2 heterocycles. The van der Waals surface area contributed by atoms with Crippen LogP contribution in [0.3, 0.4) is 0 Å². The molecule has 1 saturated heterocycles. The largest absolute Gasteiger partial charge is 0.483 e. The van der Waals surface area contributed by atoms with Gasteiger partial charge in [0.2, 0.25) is 0 Å². The SMILES string of the molecule is C=C(CO[C@@H]1O[C@H](CO)[C@@H](O)[C@H](O)[C@H]1O)[C@H]1Oc2ccc(C(C)=O)cc2[C@H]1O. The number of carbonyl (C=O) groups is 1. The van der Waals surface area contributed by atoms with Crippen molar-refractivity contribution in [3.8, 4) is 5.75 Å². The second-order valence-corrected chi connectivity index (χ2v) is 6.96. The number of aliphatic hydroxyl groups excluding tert-OH is 5. The van der Waals surface area contributed by atoms with Crippen LogP contribution in [0, 0.1) is 0 Å². The molecule has 7 atom stereocenters. The summed E-state index contributed by atoms with van der Waals surface area (Å²) in [6.07, 6.45) is -8.84. The van der Waals surface area contributed by atoms with Crippen LogP contribution in [0.4, 0.5) is 0 Å². The van der Waals surface area contributed by atoms with Crippen molar-refractivity contribution in [2.45, 2.75) is 49.8 Å². The second-order valence-electron chi connectivity index (χ2n) is 6.96. The van der Waals surface area contributed by atoms with E-state index in [-0.39, 0.29) is 12.4 Å². The molecule has 0 radical (unpaired) electrons.